The van der Waals surface area contributed by atoms with Gasteiger partial charge in [0, 0.05) is 38.5 Å². The lowest BCUT2D eigenvalue weighted by Gasteiger charge is -2.39. The monoisotopic (exact) mass is 460 g/mol. The predicted molar refractivity (Wildman–Crippen MR) is 113 cm³/mol. The van der Waals surface area contributed by atoms with Gasteiger partial charge in [0.05, 0.1) is 24.3 Å². The molecule has 9 nitrogen and oxygen atoms in total. The molecule has 0 bridgehead atoms. The largest absolute Gasteiger partial charge is 0.378 e. The Labute approximate surface area is 182 Å². The minimum atomic E-state index is -3.54. The number of anilines is 1. The van der Waals surface area contributed by atoms with Crippen molar-refractivity contribution in [1.82, 2.24) is 15.0 Å². The summed E-state index contributed by atoms with van der Waals surface area (Å²) >= 11 is 6.19. The zero-order chi connectivity index (χ0) is 22.2. The molecule has 0 amide bonds. The van der Waals surface area contributed by atoms with Crippen LogP contribution in [0.5, 0.6) is 0 Å². The van der Waals surface area contributed by atoms with Crippen LogP contribution in [0, 0.1) is 5.41 Å². The van der Waals surface area contributed by atoms with Crippen LogP contribution in [0.15, 0.2) is 6.07 Å². The summed E-state index contributed by atoms with van der Waals surface area (Å²) in [7, 11) is -3.54. The van der Waals surface area contributed by atoms with Crippen molar-refractivity contribution in [3.8, 4) is 0 Å². The van der Waals surface area contributed by atoms with Crippen LogP contribution in [-0.2, 0) is 29.0 Å². The first-order chi connectivity index (χ1) is 13.9. The predicted octanol–water partition coefficient (Wildman–Crippen LogP) is 1.81. The number of sulfone groups is 1. The fourth-order valence-corrected chi connectivity index (χ4v) is 5.19. The third-order valence-electron chi connectivity index (χ3n) is 5.55. The van der Waals surface area contributed by atoms with Gasteiger partial charge in [-0.2, -0.15) is 0 Å². The molecule has 1 aromatic rings. The van der Waals surface area contributed by atoms with E-state index in [0.717, 1.165) is 0 Å². The van der Waals surface area contributed by atoms with Gasteiger partial charge in [-0.3, -0.25) is 0 Å². The molecule has 0 unspecified atom stereocenters. The number of morpholine rings is 1. The number of piperidine rings is 1. The van der Waals surface area contributed by atoms with Crippen molar-refractivity contribution in [1.29, 1.82) is 0 Å². The van der Waals surface area contributed by atoms with Gasteiger partial charge < -0.3 is 14.5 Å². The summed E-state index contributed by atoms with van der Waals surface area (Å²) in [5, 5.41) is 1.54. The fourth-order valence-electron chi connectivity index (χ4n) is 3.60. The molecule has 2 saturated heterocycles. The van der Waals surface area contributed by atoms with Gasteiger partial charge in [0.25, 0.3) is 0 Å². The molecule has 0 N–H and O–H groups in total. The molecule has 0 atom stereocenters. The molecular formula is C19H29ClN4O5S. The number of nitrogens with zero attached hydrogens (tertiary/aromatic N) is 4. The zero-order valence-corrected chi connectivity index (χ0v) is 19.4. The van der Waals surface area contributed by atoms with Gasteiger partial charge in [-0.15, -0.1) is 5.06 Å². The Bertz CT molecular complexity index is 889. The van der Waals surface area contributed by atoms with Crippen LogP contribution in [-0.4, -0.2) is 75.1 Å². The molecule has 0 aromatic carbocycles. The molecule has 0 aliphatic carbocycles. The zero-order valence-electron chi connectivity index (χ0n) is 17.9. The van der Waals surface area contributed by atoms with E-state index in [1.54, 1.807) is 26.8 Å². The first kappa shape index (κ1) is 23.2. The quantitative estimate of drug-likeness (QED) is 0.622. The fraction of sp³-hybridized carbons (Fsp3) is 0.737. The number of aromatic nitrogens is 2. The topological polar surface area (TPSA) is 102 Å². The molecule has 0 radical (unpaired) electrons. The van der Waals surface area contributed by atoms with E-state index in [2.05, 4.69) is 9.97 Å². The molecule has 3 rings (SSSR count). The molecule has 2 aliphatic heterocycles. The Balaban J connectivity index is 1.87. The number of carbonyl (C=O) groups is 1. The van der Waals surface area contributed by atoms with E-state index in [1.165, 1.54) is 11.3 Å². The van der Waals surface area contributed by atoms with Gasteiger partial charge in [-0.05, 0) is 45.2 Å². The number of hydrogen-bond donors (Lipinski definition) is 0. The Kier molecular flexibility index (Phi) is 6.62. The number of carbonyl (C=O) groups excluding carboxylic acids is 1. The van der Waals surface area contributed by atoms with Crippen LogP contribution in [0.4, 0.5) is 5.82 Å². The minimum absolute atomic E-state index is 0.0126. The average Bonchev–Trinajstić information content (AvgIpc) is 2.67. The summed E-state index contributed by atoms with van der Waals surface area (Å²) in [5.74, 6) is 0.243. The highest BCUT2D eigenvalue weighted by Crippen LogP contribution is 2.41. The molecule has 2 aliphatic rings. The number of rotatable bonds is 4. The lowest BCUT2D eigenvalue weighted by atomic mass is 9.92. The molecule has 0 saturated carbocycles. The van der Waals surface area contributed by atoms with Crippen molar-refractivity contribution in [3.63, 3.8) is 0 Å². The maximum absolute atomic E-state index is 12.9. The van der Waals surface area contributed by atoms with Gasteiger partial charge in [0.1, 0.15) is 10.6 Å². The minimum Gasteiger partial charge on any atom is -0.378 e. The number of halogens is 1. The van der Waals surface area contributed by atoms with Crippen LogP contribution in [0.2, 0.25) is 5.28 Å². The van der Waals surface area contributed by atoms with Gasteiger partial charge in [0.15, 0.2) is 9.84 Å². The average molecular weight is 461 g/mol. The van der Waals surface area contributed by atoms with Crippen molar-refractivity contribution in [2.75, 3.05) is 50.5 Å². The lowest BCUT2D eigenvalue weighted by Crippen LogP contribution is -2.48. The lowest BCUT2D eigenvalue weighted by molar-refractivity contribution is -0.205. The molecule has 3 heterocycles. The van der Waals surface area contributed by atoms with Crippen molar-refractivity contribution >= 4 is 33.2 Å². The molecule has 1 aromatic heterocycles. The summed E-state index contributed by atoms with van der Waals surface area (Å²) in [6.07, 6.45) is 1.69. The van der Waals surface area contributed by atoms with Gasteiger partial charge in [-0.25, -0.2) is 23.2 Å². The smallest absolute Gasteiger partial charge is 0.330 e. The second-order valence-corrected chi connectivity index (χ2v) is 11.5. The van der Waals surface area contributed by atoms with Crippen LogP contribution in [0.3, 0.4) is 0 Å². The maximum Gasteiger partial charge on any atom is 0.330 e. The van der Waals surface area contributed by atoms with Crippen molar-refractivity contribution < 1.29 is 22.8 Å². The normalized spacial score (nSPS) is 20.8. The number of hydroxylamine groups is 2. The maximum atomic E-state index is 12.9. The second kappa shape index (κ2) is 8.57. The van der Waals surface area contributed by atoms with E-state index in [9.17, 15) is 13.2 Å². The summed E-state index contributed by atoms with van der Waals surface area (Å²) < 4.78 is 30.0. The first-order valence-corrected chi connectivity index (χ1v) is 12.2. The molecule has 168 valence electrons. The van der Waals surface area contributed by atoms with Crippen molar-refractivity contribution in [2.45, 2.75) is 38.4 Å². The molecule has 30 heavy (non-hydrogen) atoms. The first-order valence-electron chi connectivity index (χ1n) is 9.97. The Hall–Kier alpha value is -1.49. The summed E-state index contributed by atoms with van der Waals surface area (Å²) in [6.45, 7) is 8.32. The highest BCUT2D eigenvalue weighted by Gasteiger charge is 2.48. The molecule has 2 fully saturated rings. The standard InChI is InChI=1S/C19H29ClN4O5S/c1-18(2,3)16(25)29-24-7-5-19(6-8-24,30(4,26)27)14-13-15(22-17(20)21-14)23-9-11-28-12-10-23/h13H,5-12H2,1-4H3. The summed E-state index contributed by atoms with van der Waals surface area (Å²) in [6, 6.07) is 1.72. The summed E-state index contributed by atoms with van der Waals surface area (Å²) in [5.41, 5.74) is -0.258. The molecule has 11 heteroatoms. The van der Waals surface area contributed by atoms with Crippen molar-refractivity contribution in [3.05, 3.63) is 17.0 Å². The third kappa shape index (κ3) is 4.87. The van der Waals surface area contributed by atoms with Gasteiger partial charge in [-0.1, -0.05) is 0 Å². The summed E-state index contributed by atoms with van der Waals surface area (Å²) in [4.78, 5) is 28.3. The second-order valence-electron chi connectivity index (χ2n) is 8.80. The third-order valence-corrected chi connectivity index (χ3v) is 7.76. The van der Waals surface area contributed by atoms with E-state index in [4.69, 9.17) is 21.2 Å². The SMILES string of the molecule is CC(C)(C)C(=O)ON1CCC(c2cc(N3CCOCC3)nc(Cl)n2)(S(C)(=O)=O)CC1. The van der Waals surface area contributed by atoms with Crippen LogP contribution < -0.4 is 4.90 Å². The Morgan fingerprint density at radius 2 is 1.77 bits per heavy atom. The van der Waals surface area contributed by atoms with Crippen LogP contribution in [0.1, 0.15) is 39.3 Å². The molecular weight excluding hydrogens is 432 g/mol. The highest BCUT2D eigenvalue weighted by atomic mass is 35.5. The number of hydrogen-bond acceptors (Lipinski definition) is 9. The van der Waals surface area contributed by atoms with E-state index in [0.29, 0.717) is 37.8 Å². The van der Waals surface area contributed by atoms with Gasteiger partial charge in [0.2, 0.25) is 5.28 Å². The highest BCUT2D eigenvalue weighted by molar-refractivity contribution is 7.91. The van der Waals surface area contributed by atoms with E-state index >= 15 is 0 Å². The van der Waals surface area contributed by atoms with Crippen LogP contribution >= 0.6 is 11.6 Å². The van der Waals surface area contributed by atoms with E-state index < -0.39 is 20.0 Å². The number of ether oxygens (including phenoxy) is 1. The van der Waals surface area contributed by atoms with Crippen LogP contribution in [0.25, 0.3) is 0 Å². The molecule has 0 spiro atoms. The Morgan fingerprint density at radius 3 is 2.30 bits per heavy atom. The van der Waals surface area contributed by atoms with Gasteiger partial charge >= 0.3 is 5.97 Å². The van der Waals surface area contributed by atoms with E-state index in [1.807, 2.05) is 4.90 Å². The van der Waals surface area contributed by atoms with Crippen molar-refractivity contribution in [2.24, 2.45) is 5.41 Å². The Morgan fingerprint density at radius 1 is 1.17 bits per heavy atom. The van der Waals surface area contributed by atoms with E-state index in [-0.39, 0.29) is 37.2 Å².